The van der Waals surface area contributed by atoms with Gasteiger partial charge in [0.15, 0.2) is 5.78 Å². The third kappa shape index (κ3) is 2.43. The van der Waals surface area contributed by atoms with Crippen LogP contribution in [0, 0.1) is 32.4 Å². The van der Waals surface area contributed by atoms with E-state index >= 15 is 0 Å². The van der Waals surface area contributed by atoms with Gasteiger partial charge in [0.1, 0.15) is 23.2 Å². The van der Waals surface area contributed by atoms with E-state index in [0.29, 0.717) is 17.1 Å². The molecule has 0 bridgehead atoms. The molecule has 0 amide bonds. The molecule has 100 valence electrons. The molecule has 19 heavy (non-hydrogen) atoms. The molecule has 0 spiro atoms. The van der Waals surface area contributed by atoms with E-state index in [0.717, 1.165) is 17.7 Å². The van der Waals surface area contributed by atoms with Crippen LogP contribution in [0.2, 0.25) is 0 Å². The van der Waals surface area contributed by atoms with Crippen LogP contribution in [0.5, 0.6) is 0 Å². The Labute approximate surface area is 110 Å². The Balaban J connectivity index is 2.36. The minimum absolute atomic E-state index is 0.204. The Morgan fingerprint density at radius 1 is 1.11 bits per heavy atom. The summed E-state index contributed by atoms with van der Waals surface area (Å²) in [5.41, 5.74) is 0.935. The number of furan rings is 1. The molecule has 0 N–H and O–H groups in total. The van der Waals surface area contributed by atoms with E-state index in [9.17, 15) is 13.6 Å². The number of rotatable bonds is 3. The maximum absolute atomic E-state index is 13.5. The molecule has 0 radical (unpaired) electrons. The molecule has 0 fully saturated rings. The minimum Gasteiger partial charge on any atom is -0.466 e. The van der Waals surface area contributed by atoms with Crippen LogP contribution in [0.1, 0.15) is 33.0 Å². The van der Waals surface area contributed by atoms with E-state index < -0.39 is 11.6 Å². The number of carbonyl (C=O) groups is 1. The van der Waals surface area contributed by atoms with E-state index in [1.165, 1.54) is 6.07 Å². The Morgan fingerprint density at radius 2 is 1.68 bits per heavy atom. The summed E-state index contributed by atoms with van der Waals surface area (Å²) in [5, 5.41) is 0. The summed E-state index contributed by atoms with van der Waals surface area (Å²) in [6.07, 6.45) is -0.306. The van der Waals surface area contributed by atoms with Crippen LogP contribution >= 0.6 is 0 Å². The Hall–Kier alpha value is -1.97. The van der Waals surface area contributed by atoms with Gasteiger partial charge < -0.3 is 4.42 Å². The summed E-state index contributed by atoms with van der Waals surface area (Å²) >= 11 is 0. The molecule has 1 aromatic heterocycles. The fraction of sp³-hybridized carbons (Fsp3) is 0.267. The second kappa shape index (κ2) is 4.96. The summed E-state index contributed by atoms with van der Waals surface area (Å²) in [5.74, 6) is -0.616. The van der Waals surface area contributed by atoms with Crippen molar-refractivity contribution in [1.82, 2.24) is 0 Å². The van der Waals surface area contributed by atoms with Crippen molar-refractivity contribution in [3.8, 4) is 0 Å². The highest BCUT2D eigenvalue weighted by Crippen LogP contribution is 2.23. The first-order valence-corrected chi connectivity index (χ1v) is 5.94. The molecule has 2 rings (SSSR count). The lowest BCUT2D eigenvalue weighted by Gasteiger charge is -2.04. The summed E-state index contributed by atoms with van der Waals surface area (Å²) in [6.45, 7) is 5.19. The Morgan fingerprint density at radius 3 is 2.16 bits per heavy atom. The van der Waals surface area contributed by atoms with E-state index in [4.69, 9.17) is 4.42 Å². The van der Waals surface area contributed by atoms with Crippen LogP contribution in [0.25, 0.3) is 0 Å². The molecule has 1 aromatic carbocycles. The molecule has 0 saturated heterocycles. The van der Waals surface area contributed by atoms with Crippen molar-refractivity contribution in [3.05, 3.63) is 58.0 Å². The molecular weight excluding hydrogens is 250 g/mol. The quantitative estimate of drug-likeness (QED) is 0.787. The predicted octanol–water partition coefficient (Wildman–Crippen LogP) is 3.91. The van der Waals surface area contributed by atoms with Crippen LogP contribution in [-0.4, -0.2) is 5.78 Å². The molecule has 0 atom stereocenters. The normalized spacial score (nSPS) is 10.8. The number of Topliss-reactive ketones (excluding diaryl/α,β-unsaturated/α-hetero) is 1. The zero-order valence-corrected chi connectivity index (χ0v) is 11.0. The number of carbonyl (C=O) groups excluding carboxylic acids is 1. The molecule has 0 aliphatic carbocycles. The van der Waals surface area contributed by atoms with E-state index in [1.54, 1.807) is 20.8 Å². The second-order valence-corrected chi connectivity index (χ2v) is 4.51. The van der Waals surface area contributed by atoms with Crippen molar-refractivity contribution in [2.75, 3.05) is 0 Å². The summed E-state index contributed by atoms with van der Waals surface area (Å²) < 4.78 is 32.4. The third-order valence-corrected chi connectivity index (χ3v) is 3.24. The van der Waals surface area contributed by atoms with Gasteiger partial charge in [-0.1, -0.05) is 6.07 Å². The van der Waals surface area contributed by atoms with Crippen molar-refractivity contribution < 1.29 is 18.0 Å². The van der Waals surface area contributed by atoms with Gasteiger partial charge in [-0.05, 0) is 32.9 Å². The van der Waals surface area contributed by atoms with Gasteiger partial charge in [-0.3, -0.25) is 4.79 Å². The second-order valence-electron chi connectivity index (χ2n) is 4.51. The third-order valence-electron chi connectivity index (χ3n) is 3.24. The summed E-state index contributed by atoms with van der Waals surface area (Å²) in [7, 11) is 0. The topological polar surface area (TPSA) is 30.2 Å². The first-order valence-electron chi connectivity index (χ1n) is 5.94. The largest absolute Gasteiger partial charge is 0.466 e. The Kier molecular flexibility index (Phi) is 3.51. The molecule has 4 heteroatoms. The van der Waals surface area contributed by atoms with Crippen LogP contribution in [0.4, 0.5) is 8.78 Å². The lowest BCUT2D eigenvalue weighted by Crippen LogP contribution is -2.09. The van der Waals surface area contributed by atoms with Crippen molar-refractivity contribution >= 4 is 5.78 Å². The van der Waals surface area contributed by atoms with Crippen molar-refractivity contribution in [2.45, 2.75) is 27.2 Å². The van der Waals surface area contributed by atoms with Crippen LogP contribution in [0.3, 0.4) is 0 Å². The van der Waals surface area contributed by atoms with E-state index in [1.807, 2.05) is 0 Å². The SMILES string of the molecule is Cc1oc(C)c(C(=O)Cc2c(F)cccc2F)c1C. The molecule has 2 aromatic rings. The van der Waals surface area contributed by atoms with Gasteiger partial charge in [0, 0.05) is 17.5 Å². The number of benzene rings is 1. The highest BCUT2D eigenvalue weighted by Gasteiger charge is 2.21. The molecule has 0 aliphatic heterocycles. The minimum atomic E-state index is -0.705. The van der Waals surface area contributed by atoms with Crippen LogP contribution in [0.15, 0.2) is 22.6 Å². The fourth-order valence-corrected chi connectivity index (χ4v) is 2.15. The highest BCUT2D eigenvalue weighted by molar-refractivity contribution is 5.99. The lowest BCUT2D eigenvalue weighted by molar-refractivity contribution is 0.0988. The van der Waals surface area contributed by atoms with Gasteiger partial charge in [0.2, 0.25) is 0 Å². The van der Waals surface area contributed by atoms with Crippen LogP contribution in [-0.2, 0) is 6.42 Å². The zero-order chi connectivity index (χ0) is 14.2. The van der Waals surface area contributed by atoms with Gasteiger partial charge in [0.25, 0.3) is 0 Å². The van der Waals surface area contributed by atoms with E-state index in [-0.39, 0.29) is 17.8 Å². The number of ketones is 1. The van der Waals surface area contributed by atoms with Gasteiger partial charge in [-0.2, -0.15) is 0 Å². The van der Waals surface area contributed by atoms with Crippen LogP contribution < -0.4 is 0 Å². The maximum atomic E-state index is 13.5. The monoisotopic (exact) mass is 264 g/mol. The number of halogens is 2. The van der Waals surface area contributed by atoms with Crippen molar-refractivity contribution in [1.29, 1.82) is 0 Å². The zero-order valence-electron chi connectivity index (χ0n) is 11.0. The predicted molar refractivity (Wildman–Crippen MR) is 67.3 cm³/mol. The molecule has 0 unspecified atom stereocenters. The highest BCUT2D eigenvalue weighted by atomic mass is 19.1. The number of aryl methyl sites for hydroxylation is 2. The molecular formula is C15H14F2O2. The average Bonchev–Trinajstić information content (AvgIpc) is 2.58. The van der Waals surface area contributed by atoms with Gasteiger partial charge in [-0.25, -0.2) is 8.78 Å². The first-order chi connectivity index (χ1) is 8.91. The van der Waals surface area contributed by atoms with Gasteiger partial charge >= 0.3 is 0 Å². The molecule has 0 aliphatic rings. The smallest absolute Gasteiger partial charge is 0.171 e. The number of hydrogen-bond donors (Lipinski definition) is 0. The molecule has 0 saturated carbocycles. The fourth-order valence-electron chi connectivity index (χ4n) is 2.15. The summed E-state index contributed by atoms with van der Waals surface area (Å²) in [6, 6.07) is 3.56. The first kappa shape index (κ1) is 13.5. The van der Waals surface area contributed by atoms with Crippen molar-refractivity contribution in [2.24, 2.45) is 0 Å². The van der Waals surface area contributed by atoms with Crippen molar-refractivity contribution in [3.63, 3.8) is 0 Å². The molecule has 1 heterocycles. The van der Waals surface area contributed by atoms with Gasteiger partial charge in [-0.15, -0.1) is 0 Å². The lowest BCUT2D eigenvalue weighted by atomic mass is 9.99. The number of hydrogen-bond acceptors (Lipinski definition) is 2. The summed E-state index contributed by atoms with van der Waals surface area (Å²) in [4.78, 5) is 12.2. The standard InChI is InChI=1S/C15H14F2O2/c1-8-9(2)19-10(3)15(8)14(18)7-11-12(16)5-4-6-13(11)17/h4-6H,7H2,1-3H3. The van der Waals surface area contributed by atoms with Gasteiger partial charge in [0.05, 0.1) is 5.56 Å². The average molecular weight is 264 g/mol. The Bertz CT molecular complexity index is 622. The van der Waals surface area contributed by atoms with E-state index in [2.05, 4.69) is 0 Å². The maximum Gasteiger partial charge on any atom is 0.171 e. The molecule has 2 nitrogen and oxygen atoms in total.